The second-order valence-electron chi connectivity index (χ2n) is 4.80. The molecule has 1 aromatic heterocycles. The lowest BCUT2D eigenvalue weighted by molar-refractivity contribution is 0.601. The molecule has 18 heavy (non-hydrogen) atoms. The van der Waals surface area contributed by atoms with Gasteiger partial charge in [-0.25, -0.2) is 13.4 Å². The molecule has 0 aromatic carbocycles. The van der Waals surface area contributed by atoms with E-state index in [0.29, 0.717) is 5.75 Å². The molecule has 2 rings (SSSR count). The molecular formula is C12H20N2O2S2. The van der Waals surface area contributed by atoms with Crippen LogP contribution >= 0.6 is 11.3 Å². The van der Waals surface area contributed by atoms with Crippen molar-refractivity contribution in [2.45, 2.75) is 38.6 Å². The minimum Gasteiger partial charge on any atom is -0.315 e. The Balaban J connectivity index is 2.21. The summed E-state index contributed by atoms with van der Waals surface area (Å²) in [4.78, 5) is 5.94. The van der Waals surface area contributed by atoms with E-state index in [1.54, 1.807) is 11.3 Å². The fraction of sp³-hybridized carbons (Fsp3) is 0.750. The number of aromatic nitrogens is 1. The van der Waals surface area contributed by atoms with Crippen molar-refractivity contribution in [2.75, 3.05) is 18.6 Å². The van der Waals surface area contributed by atoms with Gasteiger partial charge in [-0.3, -0.25) is 0 Å². The molecule has 0 aliphatic carbocycles. The molecule has 0 spiro atoms. The van der Waals surface area contributed by atoms with E-state index < -0.39 is 9.84 Å². The van der Waals surface area contributed by atoms with E-state index in [1.165, 1.54) is 4.88 Å². The molecular weight excluding hydrogens is 268 g/mol. The highest BCUT2D eigenvalue weighted by molar-refractivity contribution is 7.91. The Morgan fingerprint density at radius 3 is 2.83 bits per heavy atom. The summed E-state index contributed by atoms with van der Waals surface area (Å²) >= 11 is 1.68. The van der Waals surface area contributed by atoms with Crippen LogP contribution in [0.25, 0.3) is 0 Å². The summed E-state index contributed by atoms with van der Waals surface area (Å²) in [6, 6.07) is 0. The molecule has 1 atom stereocenters. The summed E-state index contributed by atoms with van der Waals surface area (Å²) in [6.07, 6.45) is 2.79. The van der Waals surface area contributed by atoms with Crippen LogP contribution < -0.4 is 5.32 Å². The van der Waals surface area contributed by atoms with Crippen LogP contribution in [0.3, 0.4) is 0 Å². The lowest BCUT2D eigenvalue weighted by Gasteiger charge is -2.01. The van der Waals surface area contributed by atoms with E-state index in [0.717, 1.165) is 36.5 Å². The molecule has 1 aliphatic rings. The maximum Gasteiger partial charge on any atom is 0.151 e. The minimum absolute atomic E-state index is 0.126. The molecule has 2 heterocycles. The predicted molar refractivity (Wildman–Crippen MR) is 74.9 cm³/mol. The molecule has 1 unspecified atom stereocenters. The molecule has 1 fully saturated rings. The molecule has 1 aliphatic heterocycles. The Hall–Kier alpha value is -0.460. The van der Waals surface area contributed by atoms with Gasteiger partial charge in [0, 0.05) is 17.3 Å². The zero-order valence-corrected chi connectivity index (χ0v) is 12.5. The van der Waals surface area contributed by atoms with Crippen LogP contribution in [-0.2, 0) is 22.8 Å². The van der Waals surface area contributed by atoms with Crippen LogP contribution in [-0.4, -0.2) is 32.0 Å². The Morgan fingerprint density at radius 2 is 2.28 bits per heavy atom. The number of nitrogens with one attached hydrogen (secondary N) is 1. The first kappa shape index (κ1) is 14.0. The summed E-state index contributed by atoms with van der Waals surface area (Å²) in [5.41, 5.74) is 1.15. The highest BCUT2D eigenvalue weighted by atomic mass is 32.2. The molecule has 0 amide bonds. The first-order valence-corrected chi connectivity index (χ1v) is 9.03. The van der Waals surface area contributed by atoms with Crippen molar-refractivity contribution >= 4 is 21.2 Å². The van der Waals surface area contributed by atoms with Gasteiger partial charge in [0.25, 0.3) is 0 Å². The van der Waals surface area contributed by atoms with Gasteiger partial charge in [-0.15, -0.1) is 11.3 Å². The average Bonchev–Trinajstić information content (AvgIpc) is 2.84. The summed E-state index contributed by atoms with van der Waals surface area (Å²) in [6.45, 7) is 2.97. The van der Waals surface area contributed by atoms with Crippen molar-refractivity contribution in [1.82, 2.24) is 10.3 Å². The van der Waals surface area contributed by atoms with Gasteiger partial charge in [0.2, 0.25) is 0 Å². The Bertz CT molecular complexity index is 485. The molecule has 0 saturated carbocycles. The zero-order valence-electron chi connectivity index (χ0n) is 10.9. The Kier molecular flexibility index (Phi) is 4.40. The van der Waals surface area contributed by atoms with Crippen LogP contribution in [0.5, 0.6) is 0 Å². The topological polar surface area (TPSA) is 59.1 Å². The van der Waals surface area contributed by atoms with Crippen molar-refractivity contribution in [3.63, 3.8) is 0 Å². The van der Waals surface area contributed by atoms with Crippen LogP contribution in [0, 0.1) is 0 Å². The Labute approximate surface area is 113 Å². The fourth-order valence-electron chi connectivity index (χ4n) is 2.30. The molecule has 1 saturated heterocycles. The smallest absolute Gasteiger partial charge is 0.151 e. The summed E-state index contributed by atoms with van der Waals surface area (Å²) in [5.74, 6) is 0.730. The predicted octanol–water partition coefficient (Wildman–Crippen LogP) is 1.72. The summed E-state index contributed by atoms with van der Waals surface area (Å²) in [5, 5.41) is 4.17. The Morgan fingerprint density at radius 1 is 1.50 bits per heavy atom. The molecule has 102 valence electrons. The number of hydrogen-bond acceptors (Lipinski definition) is 5. The summed E-state index contributed by atoms with van der Waals surface area (Å²) in [7, 11) is -0.895. The van der Waals surface area contributed by atoms with Crippen molar-refractivity contribution in [3.8, 4) is 0 Å². The van der Waals surface area contributed by atoms with Crippen LogP contribution in [0.4, 0.5) is 0 Å². The molecule has 6 heteroatoms. The zero-order chi connectivity index (χ0) is 13.2. The van der Waals surface area contributed by atoms with E-state index in [4.69, 9.17) is 0 Å². The highest BCUT2D eigenvalue weighted by Gasteiger charge is 2.31. The molecule has 0 bridgehead atoms. The van der Waals surface area contributed by atoms with E-state index >= 15 is 0 Å². The van der Waals surface area contributed by atoms with Crippen LogP contribution in [0.15, 0.2) is 0 Å². The van der Waals surface area contributed by atoms with Gasteiger partial charge in [0.15, 0.2) is 9.84 Å². The van der Waals surface area contributed by atoms with E-state index in [1.807, 2.05) is 7.05 Å². The largest absolute Gasteiger partial charge is 0.315 e. The van der Waals surface area contributed by atoms with Crippen molar-refractivity contribution in [1.29, 1.82) is 0 Å². The molecule has 1 N–H and O–H groups in total. The van der Waals surface area contributed by atoms with Crippen molar-refractivity contribution in [3.05, 3.63) is 15.6 Å². The molecule has 0 radical (unpaired) electrons. The lowest BCUT2D eigenvalue weighted by Crippen LogP contribution is -2.05. The van der Waals surface area contributed by atoms with Crippen LogP contribution in [0.2, 0.25) is 0 Å². The fourth-order valence-corrected chi connectivity index (χ4v) is 5.41. The van der Waals surface area contributed by atoms with Gasteiger partial charge in [0.05, 0.1) is 22.2 Å². The minimum atomic E-state index is -2.82. The van der Waals surface area contributed by atoms with Gasteiger partial charge in [-0.1, -0.05) is 13.3 Å². The first-order chi connectivity index (χ1) is 8.55. The van der Waals surface area contributed by atoms with Crippen molar-refractivity contribution < 1.29 is 8.42 Å². The number of aryl methyl sites for hydroxylation is 1. The lowest BCUT2D eigenvalue weighted by atomic mass is 10.1. The molecule has 4 nitrogen and oxygen atoms in total. The molecule has 1 aromatic rings. The number of hydrogen-bond donors (Lipinski definition) is 1. The third kappa shape index (κ3) is 3.10. The monoisotopic (exact) mass is 288 g/mol. The van der Waals surface area contributed by atoms with E-state index in [2.05, 4.69) is 17.2 Å². The van der Waals surface area contributed by atoms with E-state index in [-0.39, 0.29) is 11.7 Å². The first-order valence-electron chi connectivity index (χ1n) is 6.39. The number of rotatable bonds is 5. The normalized spacial score (nSPS) is 22.4. The number of thiazole rings is 1. The maximum atomic E-state index is 11.5. The van der Waals surface area contributed by atoms with Crippen LogP contribution in [0.1, 0.15) is 41.3 Å². The summed E-state index contributed by atoms with van der Waals surface area (Å²) < 4.78 is 23.0. The standard InChI is InChI=1S/C12H20N2O2S2/c1-3-4-10-11(7-13-2)17-12(14-10)9-5-6-18(15,16)8-9/h9,13H,3-8H2,1-2H3. The average molecular weight is 288 g/mol. The SMILES string of the molecule is CCCc1nc(C2CCS(=O)(=O)C2)sc1CNC. The third-order valence-corrected chi connectivity index (χ3v) is 6.23. The maximum absolute atomic E-state index is 11.5. The quantitative estimate of drug-likeness (QED) is 0.896. The van der Waals surface area contributed by atoms with Gasteiger partial charge < -0.3 is 5.32 Å². The number of nitrogens with zero attached hydrogens (tertiary/aromatic N) is 1. The van der Waals surface area contributed by atoms with Crippen molar-refractivity contribution in [2.24, 2.45) is 0 Å². The van der Waals surface area contributed by atoms with E-state index in [9.17, 15) is 8.42 Å². The third-order valence-electron chi connectivity index (χ3n) is 3.20. The highest BCUT2D eigenvalue weighted by Crippen LogP contribution is 2.33. The van der Waals surface area contributed by atoms with Gasteiger partial charge in [-0.05, 0) is 19.9 Å². The second kappa shape index (κ2) is 5.67. The second-order valence-corrected chi connectivity index (χ2v) is 8.15. The van der Waals surface area contributed by atoms with Gasteiger partial charge in [0.1, 0.15) is 0 Å². The number of sulfone groups is 1. The van der Waals surface area contributed by atoms with Gasteiger partial charge >= 0.3 is 0 Å². The van der Waals surface area contributed by atoms with Gasteiger partial charge in [-0.2, -0.15) is 0 Å².